The number of alkyl halides is 3. The lowest BCUT2D eigenvalue weighted by Gasteiger charge is -2.14. The fourth-order valence-corrected chi connectivity index (χ4v) is 2.62. The van der Waals surface area contributed by atoms with Crippen molar-refractivity contribution in [3.63, 3.8) is 0 Å². The number of anilines is 1. The van der Waals surface area contributed by atoms with Gasteiger partial charge in [0.05, 0.1) is 11.1 Å². The van der Waals surface area contributed by atoms with Crippen LogP contribution in [0, 0.1) is 0 Å². The van der Waals surface area contributed by atoms with Gasteiger partial charge in [-0.25, -0.2) is 0 Å². The number of para-hydroxylation sites is 2. The van der Waals surface area contributed by atoms with E-state index < -0.39 is 11.7 Å². The Morgan fingerprint density at radius 1 is 0.846 bits per heavy atom. The fourth-order valence-electron chi connectivity index (χ4n) is 2.33. The van der Waals surface area contributed by atoms with Crippen LogP contribution in [0.25, 0.3) is 0 Å². The van der Waals surface area contributed by atoms with Gasteiger partial charge >= 0.3 is 6.18 Å². The lowest BCUT2D eigenvalue weighted by atomic mass is 10.1. The van der Waals surface area contributed by atoms with Crippen LogP contribution in [-0.4, -0.2) is 4.99 Å². The number of rotatable bonds is 4. The van der Waals surface area contributed by atoms with Gasteiger partial charge in [0, 0.05) is 5.69 Å². The molecular weight excluding hydrogens is 359 g/mol. The summed E-state index contributed by atoms with van der Waals surface area (Å²) >= 11 is 5.37. The summed E-state index contributed by atoms with van der Waals surface area (Å²) in [6.45, 7) is 0. The van der Waals surface area contributed by atoms with E-state index in [4.69, 9.17) is 17.0 Å². The molecule has 0 saturated heterocycles. The molecule has 26 heavy (non-hydrogen) atoms. The predicted molar refractivity (Wildman–Crippen MR) is 99.7 cm³/mol. The van der Waals surface area contributed by atoms with Crippen LogP contribution in [0.15, 0.2) is 78.9 Å². The summed E-state index contributed by atoms with van der Waals surface area (Å²) in [5.74, 6) is 1.16. The molecule has 0 atom stereocenters. The molecule has 0 fully saturated rings. The molecule has 0 aliphatic heterocycles. The Kier molecular flexibility index (Phi) is 5.23. The van der Waals surface area contributed by atoms with Crippen molar-refractivity contribution >= 4 is 22.9 Å². The lowest BCUT2D eigenvalue weighted by Crippen LogP contribution is -2.13. The number of thiocarbonyl (C=S) groups is 1. The van der Waals surface area contributed by atoms with Crippen LogP contribution in [0.4, 0.5) is 18.9 Å². The molecule has 0 unspecified atom stereocenters. The molecule has 0 spiro atoms. The molecule has 3 aromatic rings. The highest BCUT2D eigenvalue weighted by Crippen LogP contribution is 2.31. The average molecular weight is 373 g/mol. The molecule has 0 amide bonds. The highest BCUT2D eigenvalue weighted by Gasteiger charge is 2.30. The number of nitrogens with one attached hydrogen (secondary N) is 1. The van der Waals surface area contributed by atoms with Crippen molar-refractivity contribution in [1.29, 1.82) is 0 Å². The van der Waals surface area contributed by atoms with Gasteiger partial charge in [-0.2, -0.15) is 13.2 Å². The molecule has 3 rings (SSSR count). The summed E-state index contributed by atoms with van der Waals surface area (Å²) in [4.78, 5) is 0.274. The van der Waals surface area contributed by atoms with Gasteiger partial charge in [0.1, 0.15) is 16.5 Å². The number of hydrogen-bond acceptors (Lipinski definition) is 2. The van der Waals surface area contributed by atoms with Crippen molar-refractivity contribution in [2.45, 2.75) is 6.18 Å². The highest BCUT2D eigenvalue weighted by molar-refractivity contribution is 7.81. The molecule has 1 N–H and O–H groups in total. The number of benzene rings is 3. The lowest BCUT2D eigenvalue weighted by molar-refractivity contribution is -0.137. The van der Waals surface area contributed by atoms with Gasteiger partial charge in [0.2, 0.25) is 0 Å². The van der Waals surface area contributed by atoms with Crippen molar-refractivity contribution in [1.82, 2.24) is 0 Å². The van der Waals surface area contributed by atoms with Gasteiger partial charge in [0.25, 0.3) is 0 Å². The van der Waals surface area contributed by atoms with Gasteiger partial charge < -0.3 is 10.1 Å². The number of hydrogen-bond donors (Lipinski definition) is 1. The smallest absolute Gasteiger partial charge is 0.416 e. The summed E-state index contributed by atoms with van der Waals surface area (Å²) in [5.41, 5.74) is 0.113. The Balaban J connectivity index is 1.83. The maximum atomic E-state index is 12.9. The molecule has 0 saturated carbocycles. The number of halogens is 3. The Hall–Kier alpha value is -2.86. The van der Waals surface area contributed by atoms with Crippen molar-refractivity contribution in [2.75, 3.05) is 5.32 Å². The zero-order valence-electron chi connectivity index (χ0n) is 13.5. The van der Waals surface area contributed by atoms with Crippen LogP contribution < -0.4 is 10.1 Å². The van der Waals surface area contributed by atoms with E-state index in [1.807, 2.05) is 18.2 Å². The maximum Gasteiger partial charge on any atom is 0.416 e. The first-order valence-corrected chi connectivity index (χ1v) is 8.15. The second-order valence-corrected chi connectivity index (χ2v) is 5.85. The summed E-state index contributed by atoms with van der Waals surface area (Å²) in [6, 6.07) is 21.2. The van der Waals surface area contributed by atoms with E-state index in [2.05, 4.69) is 5.32 Å². The third-order valence-corrected chi connectivity index (χ3v) is 3.87. The highest BCUT2D eigenvalue weighted by atomic mass is 32.1. The summed E-state index contributed by atoms with van der Waals surface area (Å²) in [7, 11) is 0. The fraction of sp³-hybridized carbons (Fsp3) is 0.0500. The van der Waals surface area contributed by atoms with E-state index in [1.165, 1.54) is 12.1 Å². The van der Waals surface area contributed by atoms with Gasteiger partial charge in [-0.3, -0.25) is 0 Å². The van der Waals surface area contributed by atoms with E-state index in [1.54, 1.807) is 36.4 Å². The van der Waals surface area contributed by atoms with Gasteiger partial charge in [-0.1, -0.05) is 48.6 Å². The maximum absolute atomic E-state index is 12.9. The van der Waals surface area contributed by atoms with Crippen LogP contribution in [0.2, 0.25) is 0 Å². The second-order valence-electron chi connectivity index (χ2n) is 5.44. The van der Waals surface area contributed by atoms with Crippen LogP contribution in [0.1, 0.15) is 11.1 Å². The topological polar surface area (TPSA) is 21.3 Å². The van der Waals surface area contributed by atoms with Crippen LogP contribution >= 0.6 is 12.2 Å². The summed E-state index contributed by atoms with van der Waals surface area (Å²) in [5, 5.41) is 2.85. The standard InChI is InChI=1S/C20H14F3NOS/c21-20(22,23)14-7-6-8-15(13-14)24-19(26)17-11-4-5-12-18(17)25-16-9-2-1-3-10-16/h1-13H,(H,24,26). The average Bonchev–Trinajstić information content (AvgIpc) is 2.62. The third kappa shape index (κ3) is 4.40. The summed E-state index contributed by atoms with van der Waals surface area (Å²) < 4.78 is 44.4. The molecule has 132 valence electrons. The first-order chi connectivity index (χ1) is 12.4. The minimum atomic E-state index is -4.41. The van der Waals surface area contributed by atoms with E-state index in [0.717, 1.165) is 12.1 Å². The summed E-state index contributed by atoms with van der Waals surface area (Å²) in [6.07, 6.45) is -4.41. The first-order valence-electron chi connectivity index (χ1n) is 7.74. The van der Waals surface area contributed by atoms with Crippen LogP contribution in [0.5, 0.6) is 11.5 Å². The Bertz CT molecular complexity index is 910. The molecule has 3 aromatic carbocycles. The Morgan fingerprint density at radius 3 is 2.27 bits per heavy atom. The van der Waals surface area contributed by atoms with Crippen molar-refractivity contribution < 1.29 is 17.9 Å². The molecule has 0 aliphatic rings. The second kappa shape index (κ2) is 7.58. The van der Waals surface area contributed by atoms with Crippen molar-refractivity contribution in [3.8, 4) is 11.5 Å². The molecule has 0 aromatic heterocycles. The third-order valence-electron chi connectivity index (χ3n) is 3.55. The molecule has 0 heterocycles. The Morgan fingerprint density at radius 2 is 1.54 bits per heavy atom. The van der Waals surface area contributed by atoms with E-state index >= 15 is 0 Å². The van der Waals surface area contributed by atoms with Crippen molar-refractivity contribution in [3.05, 3.63) is 90.0 Å². The quantitative estimate of drug-likeness (QED) is 0.544. The SMILES string of the molecule is FC(F)(F)c1cccc(NC(=S)c2ccccc2Oc2ccccc2)c1. The zero-order chi connectivity index (χ0) is 18.6. The van der Waals surface area contributed by atoms with Crippen molar-refractivity contribution in [2.24, 2.45) is 0 Å². The molecule has 2 nitrogen and oxygen atoms in total. The van der Waals surface area contributed by atoms with E-state index in [-0.39, 0.29) is 10.7 Å². The van der Waals surface area contributed by atoms with Crippen LogP contribution in [0.3, 0.4) is 0 Å². The van der Waals surface area contributed by atoms with Crippen LogP contribution in [-0.2, 0) is 6.18 Å². The molecule has 6 heteroatoms. The zero-order valence-corrected chi connectivity index (χ0v) is 14.3. The predicted octanol–water partition coefficient (Wildman–Crippen LogP) is 6.29. The normalized spacial score (nSPS) is 11.0. The monoisotopic (exact) mass is 373 g/mol. The van der Waals surface area contributed by atoms with E-state index in [9.17, 15) is 13.2 Å². The minimum Gasteiger partial charge on any atom is -0.457 e. The Labute approximate surface area is 154 Å². The molecule has 0 radical (unpaired) electrons. The number of ether oxygens (including phenoxy) is 1. The van der Waals surface area contributed by atoms with Gasteiger partial charge in [-0.05, 0) is 42.5 Å². The van der Waals surface area contributed by atoms with Gasteiger partial charge in [-0.15, -0.1) is 0 Å². The molecular formula is C20H14F3NOS. The largest absolute Gasteiger partial charge is 0.457 e. The molecule has 0 bridgehead atoms. The van der Waals surface area contributed by atoms with E-state index in [0.29, 0.717) is 17.1 Å². The first kappa shape index (κ1) is 17.9. The minimum absolute atomic E-state index is 0.263. The molecule has 0 aliphatic carbocycles. The van der Waals surface area contributed by atoms with Gasteiger partial charge in [0.15, 0.2) is 0 Å².